The van der Waals surface area contributed by atoms with E-state index in [4.69, 9.17) is 15.2 Å². The molecule has 2 aromatic carbocycles. The van der Waals surface area contributed by atoms with Crippen LogP contribution in [0.15, 0.2) is 60.7 Å². The van der Waals surface area contributed by atoms with Crippen molar-refractivity contribution in [2.24, 2.45) is 0 Å². The molecule has 2 atom stereocenters. The fraction of sp³-hybridized carbons (Fsp3) is 0.308. The summed E-state index contributed by atoms with van der Waals surface area (Å²) in [6.45, 7) is 5.57. The maximum atomic E-state index is 13.4. The van der Waals surface area contributed by atoms with Crippen LogP contribution in [0.5, 0.6) is 11.5 Å². The smallest absolute Gasteiger partial charge is 0.272 e. The van der Waals surface area contributed by atoms with Gasteiger partial charge in [-0.3, -0.25) is 4.79 Å². The highest BCUT2D eigenvalue weighted by molar-refractivity contribution is 5.93. The van der Waals surface area contributed by atoms with E-state index >= 15 is 0 Å². The van der Waals surface area contributed by atoms with Crippen molar-refractivity contribution in [3.05, 3.63) is 66.4 Å². The summed E-state index contributed by atoms with van der Waals surface area (Å²) in [6, 6.07) is 19.2. The Hall–Kier alpha value is -3.74. The van der Waals surface area contributed by atoms with Crippen molar-refractivity contribution in [2.45, 2.75) is 25.9 Å². The molecule has 1 fully saturated rings. The van der Waals surface area contributed by atoms with Crippen LogP contribution in [0, 0.1) is 0 Å². The summed E-state index contributed by atoms with van der Waals surface area (Å²) in [5.41, 5.74) is 9.70. The first kappa shape index (κ1) is 22.5. The molecule has 1 saturated heterocycles. The lowest BCUT2D eigenvalue weighted by Crippen LogP contribution is -2.58. The first-order valence-corrected chi connectivity index (χ1v) is 11.0. The van der Waals surface area contributed by atoms with Crippen molar-refractivity contribution >= 4 is 17.3 Å². The zero-order chi connectivity index (χ0) is 23.5. The minimum atomic E-state index is -0.0615. The van der Waals surface area contributed by atoms with Crippen LogP contribution in [-0.4, -0.2) is 55.2 Å². The predicted octanol–water partition coefficient (Wildman–Crippen LogP) is 4.09. The van der Waals surface area contributed by atoms with E-state index in [0.717, 1.165) is 23.5 Å². The van der Waals surface area contributed by atoms with Crippen LogP contribution in [0.3, 0.4) is 0 Å². The van der Waals surface area contributed by atoms with E-state index in [1.807, 2.05) is 59.5 Å². The van der Waals surface area contributed by atoms with Crippen LogP contribution in [0.4, 0.5) is 11.4 Å². The number of piperazine rings is 1. The number of benzene rings is 2. The molecule has 2 heterocycles. The van der Waals surface area contributed by atoms with Gasteiger partial charge in [-0.25, -0.2) is 4.98 Å². The maximum Gasteiger partial charge on any atom is 0.272 e. The van der Waals surface area contributed by atoms with Crippen molar-refractivity contribution in [1.82, 2.24) is 9.88 Å². The van der Waals surface area contributed by atoms with Crippen LogP contribution in [0.25, 0.3) is 11.3 Å². The second-order valence-corrected chi connectivity index (χ2v) is 8.38. The van der Waals surface area contributed by atoms with Crippen molar-refractivity contribution in [1.29, 1.82) is 0 Å². The molecule has 0 unspecified atom stereocenters. The molecule has 1 aromatic heterocycles. The third-order valence-electron chi connectivity index (χ3n) is 6.12. The molecule has 3 aromatic rings. The van der Waals surface area contributed by atoms with Crippen molar-refractivity contribution in [3.63, 3.8) is 0 Å². The van der Waals surface area contributed by atoms with E-state index in [1.54, 1.807) is 20.3 Å². The first-order valence-electron chi connectivity index (χ1n) is 11.0. The molecule has 0 radical (unpaired) electrons. The normalized spacial score (nSPS) is 18.2. The molecule has 1 aliphatic heterocycles. The number of anilines is 2. The molecule has 1 aliphatic rings. The molecule has 4 rings (SSSR count). The van der Waals surface area contributed by atoms with Crippen LogP contribution >= 0.6 is 0 Å². The largest absolute Gasteiger partial charge is 0.493 e. The van der Waals surface area contributed by atoms with Gasteiger partial charge in [-0.15, -0.1) is 0 Å². The molecule has 7 nitrogen and oxygen atoms in total. The summed E-state index contributed by atoms with van der Waals surface area (Å²) < 4.78 is 10.7. The van der Waals surface area contributed by atoms with Crippen molar-refractivity contribution < 1.29 is 14.3 Å². The fourth-order valence-electron chi connectivity index (χ4n) is 4.29. The van der Waals surface area contributed by atoms with Crippen LogP contribution in [0.1, 0.15) is 24.3 Å². The molecule has 0 bridgehead atoms. The Balaban J connectivity index is 1.55. The Morgan fingerprint density at radius 1 is 0.939 bits per heavy atom. The number of carbonyl (C=O) groups excluding carboxylic acids is 1. The number of nitrogens with two attached hydrogens (primary N) is 1. The van der Waals surface area contributed by atoms with E-state index in [2.05, 4.69) is 23.7 Å². The molecule has 7 heteroatoms. The second kappa shape index (κ2) is 9.40. The number of methoxy groups -OCH3 is 2. The minimum Gasteiger partial charge on any atom is -0.493 e. The number of carbonyl (C=O) groups is 1. The predicted molar refractivity (Wildman–Crippen MR) is 131 cm³/mol. The second-order valence-electron chi connectivity index (χ2n) is 8.38. The molecular weight excluding hydrogens is 416 g/mol. The highest BCUT2D eigenvalue weighted by Crippen LogP contribution is 2.32. The van der Waals surface area contributed by atoms with Gasteiger partial charge < -0.3 is 25.0 Å². The highest BCUT2D eigenvalue weighted by Gasteiger charge is 2.33. The Labute approximate surface area is 194 Å². The zero-order valence-corrected chi connectivity index (χ0v) is 19.5. The maximum absolute atomic E-state index is 13.4. The monoisotopic (exact) mass is 446 g/mol. The lowest BCUT2D eigenvalue weighted by atomic mass is 10.1. The Morgan fingerprint density at radius 2 is 1.67 bits per heavy atom. The standard InChI is InChI=1S/C26H30N4O3/c1-17-16-30(18(2)15-29(17)21-11-9-20(27)10-12-21)26(31)23-7-5-6-22(28-23)19-8-13-24(32-3)25(14-19)33-4/h5-14,17-18H,15-16,27H2,1-4H3/t17-,18+/m1/s1. The van der Waals surface area contributed by atoms with E-state index in [-0.39, 0.29) is 18.0 Å². The first-order chi connectivity index (χ1) is 15.9. The number of hydrogen-bond donors (Lipinski definition) is 1. The van der Waals surface area contributed by atoms with Gasteiger partial charge in [0.25, 0.3) is 5.91 Å². The average Bonchev–Trinajstić information content (AvgIpc) is 2.85. The van der Waals surface area contributed by atoms with Gasteiger partial charge >= 0.3 is 0 Å². The van der Waals surface area contributed by atoms with Crippen LogP contribution in [-0.2, 0) is 0 Å². The Bertz CT molecular complexity index is 1130. The third kappa shape index (κ3) is 4.58. The third-order valence-corrected chi connectivity index (χ3v) is 6.12. The lowest BCUT2D eigenvalue weighted by molar-refractivity contribution is 0.0639. The van der Waals surface area contributed by atoms with Gasteiger partial charge in [0.05, 0.1) is 19.9 Å². The van der Waals surface area contributed by atoms with Crippen LogP contribution < -0.4 is 20.1 Å². The van der Waals surface area contributed by atoms with Gasteiger partial charge in [0.15, 0.2) is 11.5 Å². The molecule has 33 heavy (non-hydrogen) atoms. The topological polar surface area (TPSA) is 80.9 Å². The van der Waals surface area contributed by atoms with Crippen molar-refractivity contribution in [3.8, 4) is 22.8 Å². The van der Waals surface area contributed by atoms with Gasteiger partial charge in [0.2, 0.25) is 0 Å². The highest BCUT2D eigenvalue weighted by atomic mass is 16.5. The van der Waals surface area contributed by atoms with Gasteiger partial charge in [-0.05, 0) is 68.4 Å². The number of amides is 1. The van der Waals surface area contributed by atoms with Crippen LogP contribution in [0.2, 0.25) is 0 Å². The molecule has 172 valence electrons. The zero-order valence-electron chi connectivity index (χ0n) is 19.5. The summed E-state index contributed by atoms with van der Waals surface area (Å²) in [5.74, 6) is 1.21. The van der Waals surface area contributed by atoms with Gasteiger partial charge in [-0.2, -0.15) is 0 Å². The number of aromatic nitrogens is 1. The van der Waals surface area contributed by atoms with E-state index in [9.17, 15) is 4.79 Å². The summed E-state index contributed by atoms with van der Waals surface area (Å²) in [5, 5.41) is 0. The van der Waals surface area contributed by atoms with Crippen molar-refractivity contribution in [2.75, 3.05) is 37.9 Å². The Morgan fingerprint density at radius 3 is 2.36 bits per heavy atom. The molecule has 0 saturated carbocycles. The molecule has 1 amide bonds. The SMILES string of the molecule is COc1ccc(-c2cccc(C(=O)N3C[C@@H](C)N(c4ccc(N)cc4)C[C@@H]3C)n2)cc1OC. The number of hydrogen-bond acceptors (Lipinski definition) is 6. The average molecular weight is 447 g/mol. The summed E-state index contributed by atoms with van der Waals surface area (Å²) >= 11 is 0. The lowest BCUT2D eigenvalue weighted by Gasteiger charge is -2.45. The quantitative estimate of drug-likeness (QED) is 0.595. The minimum absolute atomic E-state index is 0.0396. The van der Waals surface area contributed by atoms with E-state index < -0.39 is 0 Å². The number of nitrogen functional groups attached to an aromatic ring is 1. The number of ether oxygens (including phenoxy) is 2. The van der Waals surface area contributed by atoms with Gasteiger partial charge in [0.1, 0.15) is 5.69 Å². The summed E-state index contributed by atoms with van der Waals surface area (Å²) in [4.78, 5) is 22.4. The van der Waals surface area contributed by atoms with Gasteiger partial charge in [-0.1, -0.05) is 6.07 Å². The number of nitrogens with zero attached hydrogens (tertiary/aromatic N) is 3. The Kier molecular flexibility index (Phi) is 6.40. The summed E-state index contributed by atoms with van der Waals surface area (Å²) in [7, 11) is 3.20. The number of rotatable bonds is 5. The molecule has 0 spiro atoms. The molecule has 2 N–H and O–H groups in total. The van der Waals surface area contributed by atoms with Gasteiger partial charge in [0, 0.05) is 42.1 Å². The molecular formula is C26H30N4O3. The number of pyridine rings is 1. The van der Waals surface area contributed by atoms with E-state index in [1.165, 1.54) is 0 Å². The summed E-state index contributed by atoms with van der Waals surface area (Å²) in [6.07, 6.45) is 0. The van der Waals surface area contributed by atoms with E-state index in [0.29, 0.717) is 29.4 Å². The molecule has 0 aliphatic carbocycles. The fourth-order valence-corrected chi connectivity index (χ4v) is 4.29.